The van der Waals surface area contributed by atoms with E-state index in [1.807, 2.05) is 11.4 Å². The molecule has 1 saturated heterocycles. The first-order chi connectivity index (χ1) is 15.6. The summed E-state index contributed by atoms with van der Waals surface area (Å²) in [4.78, 5) is 39.9. The lowest BCUT2D eigenvalue weighted by atomic mass is 9.97. The highest BCUT2D eigenvalue weighted by atomic mass is 32.1. The molecule has 3 heterocycles. The van der Waals surface area contributed by atoms with Gasteiger partial charge in [-0.15, -0.1) is 11.3 Å². The third-order valence-corrected chi connectivity index (χ3v) is 6.44. The van der Waals surface area contributed by atoms with Gasteiger partial charge in [0, 0.05) is 37.3 Å². The number of rotatable bonds is 4. The van der Waals surface area contributed by atoms with Crippen LogP contribution in [0.5, 0.6) is 0 Å². The second-order valence-corrected chi connectivity index (χ2v) is 8.39. The molecule has 0 bridgehead atoms. The lowest BCUT2D eigenvalue weighted by molar-refractivity contribution is 0.0742. The van der Waals surface area contributed by atoms with Gasteiger partial charge in [-0.25, -0.2) is 14.4 Å². The smallest absolute Gasteiger partial charge is 0.254 e. The monoisotopic (exact) mass is 446 g/mol. The summed E-state index contributed by atoms with van der Waals surface area (Å²) in [5, 5.41) is 3.02. The lowest BCUT2D eigenvalue weighted by Crippen LogP contribution is -2.49. The van der Waals surface area contributed by atoms with Crippen LogP contribution in [0.25, 0.3) is 10.2 Å². The second kappa shape index (κ2) is 8.47. The van der Waals surface area contributed by atoms with Crippen LogP contribution in [0.2, 0.25) is 0 Å². The molecule has 0 aliphatic carbocycles. The maximum Gasteiger partial charge on any atom is 0.254 e. The molecular formula is C24H19FN4O2S. The van der Waals surface area contributed by atoms with Crippen LogP contribution in [0.1, 0.15) is 26.3 Å². The van der Waals surface area contributed by atoms with Crippen molar-refractivity contribution < 1.29 is 14.0 Å². The molecule has 0 atom stereocenters. The number of thiophene rings is 1. The fourth-order valence-corrected chi connectivity index (χ4v) is 4.67. The van der Waals surface area contributed by atoms with Gasteiger partial charge in [0.1, 0.15) is 22.8 Å². The molecule has 160 valence electrons. The fraction of sp³-hybridized carbons (Fsp3) is 0.167. The van der Waals surface area contributed by atoms with Gasteiger partial charge in [-0.1, -0.05) is 18.2 Å². The van der Waals surface area contributed by atoms with Gasteiger partial charge >= 0.3 is 0 Å². The second-order valence-electron chi connectivity index (χ2n) is 7.50. The number of carbonyl (C=O) groups excluding carboxylic acids is 2. The average molecular weight is 447 g/mol. The van der Waals surface area contributed by atoms with E-state index in [0.717, 1.165) is 16.0 Å². The number of fused-ring (bicyclic) bond motifs is 1. The van der Waals surface area contributed by atoms with E-state index in [4.69, 9.17) is 0 Å². The van der Waals surface area contributed by atoms with Crippen molar-refractivity contribution in [2.24, 2.45) is 0 Å². The van der Waals surface area contributed by atoms with E-state index >= 15 is 0 Å². The van der Waals surface area contributed by atoms with Crippen molar-refractivity contribution in [3.63, 3.8) is 0 Å². The Morgan fingerprint density at radius 3 is 2.34 bits per heavy atom. The highest BCUT2D eigenvalue weighted by molar-refractivity contribution is 7.16. The molecular weight excluding hydrogens is 427 g/mol. The lowest BCUT2D eigenvalue weighted by Gasteiger charge is -2.35. The van der Waals surface area contributed by atoms with Gasteiger partial charge in [0.15, 0.2) is 5.78 Å². The van der Waals surface area contributed by atoms with Gasteiger partial charge < -0.3 is 9.80 Å². The number of halogens is 1. The van der Waals surface area contributed by atoms with Crippen LogP contribution < -0.4 is 4.90 Å². The molecule has 0 saturated carbocycles. The Morgan fingerprint density at radius 1 is 0.875 bits per heavy atom. The summed E-state index contributed by atoms with van der Waals surface area (Å²) in [6.07, 6.45) is 1.57. The Labute approximate surface area is 187 Å². The molecule has 2 aromatic carbocycles. The molecule has 1 amide bonds. The molecule has 0 N–H and O–H groups in total. The summed E-state index contributed by atoms with van der Waals surface area (Å²) in [7, 11) is 0. The number of amides is 1. The van der Waals surface area contributed by atoms with E-state index in [2.05, 4.69) is 14.9 Å². The molecule has 1 aliphatic rings. The van der Waals surface area contributed by atoms with Crippen molar-refractivity contribution in [3.05, 3.63) is 88.8 Å². The normalized spacial score (nSPS) is 14.0. The van der Waals surface area contributed by atoms with Crippen molar-refractivity contribution in [2.75, 3.05) is 31.1 Å². The van der Waals surface area contributed by atoms with E-state index in [1.54, 1.807) is 46.8 Å². The first kappa shape index (κ1) is 20.3. The van der Waals surface area contributed by atoms with Gasteiger partial charge in [0.05, 0.1) is 10.9 Å². The molecule has 1 aliphatic heterocycles. The summed E-state index contributed by atoms with van der Waals surface area (Å²) >= 11 is 1.58. The summed E-state index contributed by atoms with van der Waals surface area (Å²) in [6, 6.07) is 14.2. The molecule has 1 fully saturated rings. The molecule has 8 heteroatoms. The van der Waals surface area contributed by atoms with Crippen molar-refractivity contribution in [2.45, 2.75) is 0 Å². The van der Waals surface area contributed by atoms with E-state index in [0.29, 0.717) is 42.9 Å². The number of ketones is 1. The minimum atomic E-state index is -0.410. The highest BCUT2D eigenvalue weighted by Crippen LogP contribution is 2.27. The van der Waals surface area contributed by atoms with Crippen molar-refractivity contribution in [1.29, 1.82) is 0 Å². The van der Waals surface area contributed by atoms with E-state index in [9.17, 15) is 14.0 Å². The zero-order chi connectivity index (χ0) is 22.1. The number of benzene rings is 2. The average Bonchev–Trinajstić information content (AvgIpc) is 3.33. The summed E-state index contributed by atoms with van der Waals surface area (Å²) < 4.78 is 13.2. The highest BCUT2D eigenvalue weighted by Gasteiger charge is 2.27. The van der Waals surface area contributed by atoms with Gasteiger partial charge in [-0.2, -0.15) is 0 Å². The summed E-state index contributed by atoms with van der Waals surface area (Å²) in [5.74, 6) is -0.00469. The number of hydrogen-bond donors (Lipinski definition) is 0. The number of hydrogen-bond acceptors (Lipinski definition) is 6. The van der Waals surface area contributed by atoms with Crippen LogP contribution in [-0.2, 0) is 0 Å². The minimum Gasteiger partial charge on any atom is -0.352 e. The summed E-state index contributed by atoms with van der Waals surface area (Å²) in [6.45, 7) is 2.32. The summed E-state index contributed by atoms with van der Waals surface area (Å²) in [5.41, 5.74) is 1.03. The van der Waals surface area contributed by atoms with Crippen LogP contribution in [0.3, 0.4) is 0 Å². The molecule has 32 heavy (non-hydrogen) atoms. The molecule has 6 nitrogen and oxygen atoms in total. The fourth-order valence-electron chi connectivity index (χ4n) is 3.95. The Hall–Kier alpha value is -3.65. The number of piperazine rings is 1. The van der Waals surface area contributed by atoms with Crippen molar-refractivity contribution >= 4 is 39.1 Å². The van der Waals surface area contributed by atoms with Crippen LogP contribution in [-0.4, -0.2) is 52.7 Å². The number of nitrogens with zero attached hydrogens (tertiary/aromatic N) is 4. The third-order valence-electron chi connectivity index (χ3n) is 5.62. The van der Waals surface area contributed by atoms with E-state index in [-0.39, 0.29) is 11.7 Å². The maximum atomic E-state index is 13.3. The minimum absolute atomic E-state index is 0.181. The zero-order valence-electron chi connectivity index (χ0n) is 17.1. The van der Waals surface area contributed by atoms with Crippen LogP contribution in [0.4, 0.5) is 10.2 Å². The van der Waals surface area contributed by atoms with E-state index in [1.165, 1.54) is 24.3 Å². The predicted octanol–water partition coefficient (Wildman–Crippen LogP) is 4.02. The van der Waals surface area contributed by atoms with Crippen molar-refractivity contribution in [3.8, 4) is 0 Å². The molecule has 5 rings (SSSR count). The predicted molar refractivity (Wildman–Crippen MR) is 122 cm³/mol. The van der Waals surface area contributed by atoms with E-state index < -0.39 is 5.82 Å². The largest absolute Gasteiger partial charge is 0.352 e. The van der Waals surface area contributed by atoms with Gasteiger partial charge in [0.25, 0.3) is 5.91 Å². The Morgan fingerprint density at radius 2 is 1.59 bits per heavy atom. The number of carbonyl (C=O) groups is 2. The molecule has 0 radical (unpaired) electrons. The van der Waals surface area contributed by atoms with Crippen LogP contribution in [0.15, 0.2) is 66.3 Å². The van der Waals surface area contributed by atoms with Gasteiger partial charge in [0.2, 0.25) is 0 Å². The zero-order valence-corrected chi connectivity index (χ0v) is 17.9. The topological polar surface area (TPSA) is 66.4 Å². The first-order valence-electron chi connectivity index (χ1n) is 10.2. The van der Waals surface area contributed by atoms with Gasteiger partial charge in [-0.05, 0) is 41.8 Å². The molecule has 2 aromatic heterocycles. The Bertz CT molecular complexity index is 1300. The SMILES string of the molecule is O=C(c1ccc(F)cc1)c1ccccc1C(=O)N1CCN(c2ncnc3sccc23)CC1. The molecule has 0 spiro atoms. The third kappa shape index (κ3) is 3.73. The maximum absolute atomic E-state index is 13.3. The van der Waals surface area contributed by atoms with Gasteiger partial charge in [-0.3, -0.25) is 9.59 Å². The Balaban J connectivity index is 1.34. The van der Waals surface area contributed by atoms with Crippen molar-refractivity contribution in [1.82, 2.24) is 14.9 Å². The first-order valence-corrected chi connectivity index (χ1v) is 11.1. The van der Waals surface area contributed by atoms with Crippen LogP contribution in [0, 0.1) is 5.82 Å². The quantitative estimate of drug-likeness (QED) is 0.443. The number of aromatic nitrogens is 2. The standard InChI is InChI=1S/C24H19FN4O2S/c25-17-7-5-16(6-8-17)21(30)18-3-1-2-4-19(18)24(31)29-12-10-28(11-13-29)22-20-9-14-32-23(20)27-15-26-22/h1-9,14-15H,10-13H2. The van der Waals surface area contributed by atoms with Crippen LogP contribution >= 0.6 is 11.3 Å². The number of anilines is 1. The molecule has 4 aromatic rings. The Kier molecular flexibility index (Phi) is 5.36. The molecule has 0 unspecified atom stereocenters.